The van der Waals surface area contributed by atoms with E-state index in [4.69, 9.17) is 9.47 Å². The number of hydrogen-bond donors (Lipinski definition) is 1. The first-order valence-electron chi connectivity index (χ1n) is 10.3. The molecule has 1 aromatic rings. The Balaban J connectivity index is 0.00000280. The zero-order valence-corrected chi connectivity index (χ0v) is 17.6. The summed E-state index contributed by atoms with van der Waals surface area (Å²) in [4.78, 5) is 23.8. The summed E-state index contributed by atoms with van der Waals surface area (Å²) in [5, 5.41) is 3.38. The summed E-state index contributed by atoms with van der Waals surface area (Å²) >= 11 is 0. The highest BCUT2D eigenvalue weighted by molar-refractivity contribution is 5.89. The van der Waals surface area contributed by atoms with Crippen LogP contribution in [0.3, 0.4) is 0 Å². The van der Waals surface area contributed by atoms with Gasteiger partial charge in [-0.05, 0) is 87.9 Å². The highest BCUT2D eigenvalue weighted by Gasteiger charge is 2.38. The van der Waals surface area contributed by atoms with Gasteiger partial charge in [0.15, 0.2) is 0 Å². The Hall–Kier alpha value is -1.59. The number of piperidine rings is 1. The number of hydrogen-bond acceptors (Lipinski definition) is 5. The summed E-state index contributed by atoms with van der Waals surface area (Å²) in [5.41, 5.74) is 1.88. The van der Waals surface area contributed by atoms with Crippen molar-refractivity contribution >= 4 is 24.3 Å². The lowest BCUT2D eigenvalue weighted by atomic mass is 9.68. The van der Waals surface area contributed by atoms with Gasteiger partial charge in [-0.2, -0.15) is 0 Å². The van der Waals surface area contributed by atoms with Crippen LogP contribution in [0.25, 0.3) is 0 Å². The first-order chi connectivity index (χ1) is 13.1. The molecule has 1 aliphatic heterocycles. The van der Waals surface area contributed by atoms with Crippen LogP contribution < -0.4 is 5.32 Å². The number of carbonyl (C=O) groups excluding carboxylic acids is 2. The SMILES string of the molecule is CCOC(=O)c1ccc(C[C@H]2CCC3CN[C@H](C(=O)OCC)CC3C2)cc1.Cl. The average Bonchev–Trinajstić information content (AvgIpc) is 2.68. The molecule has 3 rings (SSSR count). The van der Waals surface area contributed by atoms with Gasteiger partial charge in [0.2, 0.25) is 0 Å². The number of rotatable bonds is 6. The van der Waals surface area contributed by atoms with Gasteiger partial charge in [0.05, 0.1) is 18.8 Å². The Bertz CT molecular complexity index is 648. The highest BCUT2D eigenvalue weighted by Crippen LogP contribution is 2.39. The van der Waals surface area contributed by atoms with E-state index in [-0.39, 0.29) is 30.4 Å². The normalized spacial score (nSPS) is 26.5. The highest BCUT2D eigenvalue weighted by atomic mass is 35.5. The fourth-order valence-corrected chi connectivity index (χ4v) is 4.59. The van der Waals surface area contributed by atoms with Crippen LogP contribution in [0.1, 0.15) is 55.5 Å². The molecule has 2 aliphatic rings. The fraction of sp³-hybridized carbons (Fsp3) is 0.636. The molecule has 0 spiro atoms. The lowest BCUT2D eigenvalue weighted by molar-refractivity contribution is -0.147. The monoisotopic (exact) mass is 409 g/mol. The molecular formula is C22H32ClNO4. The van der Waals surface area contributed by atoms with Gasteiger partial charge < -0.3 is 14.8 Å². The van der Waals surface area contributed by atoms with E-state index in [1.807, 2.05) is 38.1 Å². The molecule has 0 radical (unpaired) electrons. The van der Waals surface area contributed by atoms with Crippen molar-refractivity contribution in [1.29, 1.82) is 0 Å². The number of esters is 2. The van der Waals surface area contributed by atoms with Gasteiger partial charge in [-0.15, -0.1) is 12.4 Å². The maximum Gasteiger partial charge on any atom is 0.338 e. The first-order valence-corrected chi connectivity index (χ1v) is 10.3. The molecule has 1 aromatic carbocycles. The lowest BCUT2D eigenvalue weighted by Gasteiger charge is -2.42. The topological polar surface area (TPSA) is 64.6 Å². The molecule has 1 saturated carbocycles. The van der Waals surface area contributed by atoms with E-state index >= 15 is 0 Å². The van der Waals surface area contributed by atoms with Gasteiger partial charge in [0, 0.05) is 0 Å². The van der Waals surface area contributed by atoms with Crippen LogP contribution >= 0.6 is 12.4 Å². The van der Waals surface area contributed by atoms with E-state index in [9.17, 15) is 9.59 Å². The van der Waals surface area contributed by atoms with Gasteiger partial charge in [-0.3, -0.25) is 4.79 Å². The second-order valence-electron chi connectivity index (χ2n) is 7.77. The maximum absolute atomic E-state index is 12.1. The fourth-order valence-electron chi connectivity index (χ4n) is 4.59. The minimum atomic E-state index is -0.260. The zero-order valence-electron chi connectivity index (χ0n) is 16.8. The Labute approximate surface area is 174 Å². The van der Waals surface area contributed by atoms with E-state index < -0.39 is 0 Å². The summed E-state index contributed by atoms with van der Waals surface area (Å²) in [7, 11) is 0. The molecule has 0 amide bonds. The van der Waals surface area contributed by atoms with Crippen LogP contribution in [0.4, 0.5) is 0 Å². The Morgan fingerprint density at radius 1 is 1.00 bits per heavy atom. The number of ether oxygens (including phenoxy) is 2. The lowest BCUT2D eigenvalue weighted by Crippen LogP contribution is -2.50. The van der Waals surface area contributed by atoms with Crippen molar-refractivity contribution in [2.45, 2.75) is 52.0 Å². The molecule has 156 valence electrons. The predicted molar refractivity (Wildman–Crippen MR) is 111 cm³/mol. The van der Waals surface area contributed by atoms with Gasteiger partial charge in [-0.25, -0.2) is 4.79 Å². The molecule has 1 saturated heterocycles. The third-order valence-corrected chi connectivity index (χ3v) is 5.97. The van der Waals surface area contributed by atoms with Crippen molar-refractivity contribution in [2.75, 3.05) is 19.8 Å². The summed E-state index contributed by atoms with van der Waals surface area (Å²) in [5.74, 6) is 1.55. The molecule has 0 bridgehead atoms. The third kappa shape index (κ3) is 5.71. The number of benzene rings is 1. The van der Waals surface area contributed by atoms with Gasteiger partial charge in [0.25, 0.3) is 0 Å². The Kier molecular flexibility index (Phi) is 8.77. The van der Waals surface area contributed by atoms with Crippen molar-refractivity contribution in [2.24, 2.45) is 17.8 Å². The maximum atomic E-state index is 12.1. The molecule has 2 fully saturated rings. The van der Waals surface area contributed by atoms with Crippen LogP contribution in [0.2, 0.25) is 0 Å². The van der Waals surface area contributed by atoms with E-state index in [0.29, 0.717) is 36.5 Å². The average molecular weight is 410 g/mol. The predicted octanol–water partition coefficient (Wildman–Crippen LogP) is 3.79. The van der Waals surface area contributed by atoms with Crippen LogP contribution in [0.5, 0.6) is 0 Å². The van der Waals surface area contributed by atoms with Gasteiger partial charge in [-0.1, -0.05) is 12.1 Å². The first kappa shape index (κ1) is 22.7. The van der Waals surface area contributed by atoms with Crippen LogP contribution in [-0.4, -0.2) is 37.7 Å². The second-order valence-corrected chi connectivity index (χ2v) is 7.77. The molecule has 4 atom stereocenters. The number of carbonyl (C=O) groups is 2. The molecule has 2 unspecified atom stereocenters. The van der Waals surface area contributed by atoms with Crippen molar-refractivity contribution in [3.63, 3.8) is 0 Å². The quantitative estimate of drug-likeness (QED) is 0.724. The van der Waals surface area contributed by atoms with Crippen molar-refractivity contribution in [3.05, 3.63) is 35.4 Å². The minimum absolute atomic E-state index is 0. The molecule has 5 nitrogen and oxygen atoms in total. The molecule has 1 heterocycles. The zero-order chi connectivity index (χ0) is 19.2. The van der Waals surface area contributed by atoms with Crippen LogP contribution in [-0.2, 0) is 20.7 Å². The second kappa shape index (κ2) is 10.8. The van der Waals surface area contributed by atoms with Crippen molar-refractivity contribution < 1.29 is 19.1 Å². The number of nitrogens with one attached hydrogen (secondary N) is 1. The van der Waals surface area contributed by atoms with E-state index in [2.05, 4.69) is 5.32 Å². The molecule has 1 N–H and O–H groups in total. The number of fused-ring (bicyclic) bond motifs is 1. The summed E-state index contributed by atoms with van der Waals surface area (Å²) in [6.45, 7) is 5.43. The molecule has 1 aliphatic carbocycles. The number of halogens is 1. The molecular weight excluding hydrogens is 378 g/mol. The van der Waals surface area contributed by atoms with Gasteiger partial charge in [0.1, 0.15) is 6.04 Å². The minimum Gasteiger partial charge on any atom is -0.465 e. The van der Waals surface area contributed by atoms with E-state index in [0.717, 1.165) is 19.4 Å². The van der Waals surface area contributed by atoms with Crippen molar-refractivity contribution in [3.8, 4) is 0 Å². The standard InChI is InChI=1S/C22H31NO4.ClH/c1-3-26-21(24)17-8-5-15(6-9-17)11-16-7-10-18-14-23-20(13-19(18)12-16)22(25)27-4-2;/h5-6,8-9,16,18-20,23H,3-4,7,10-14H2,1-2H3;1H/t16-,18?,19?,20+;/m1./s1. The van der Waals surface area contributed by atoms with E-state index in [1.165, 1.54) is 24.8 Å². The summed E-state index contributed by atoms with van der Waals surface area (Å²) in [6.07, 6.45) is 5.54. The Morgan fingerprint density at radius 3 is 2.39 bits per heavy atom. The molecule has 28 heavy (non-hydrogen) atoms. The summed E-state index contributed by atoms with van der Waals surface area (Å²) < 4.78 is 10.2. The van der Waals surface area contributed by atoms with E-state index in [1.54, 1.807) is 0 Å². The summed E-state index contributed by atoms with van der Waals surface area (Å²) in [6, 6.07) is 7.67. The Morgan fingerprint density at radius 2 is 1.71 bits per heavy atom. The largest absolute Gasteiger partial charge is 0.465 e. The van der Waals surface area contributed by atoms with Gasteiger partial charge >= 0.3 is 11.9 Å². The van der Waals surface area contributed by atoms with Crippen LogP contribution in [0, 0.1) is 17.8 Å². The van der Waals surface area contributed by atoms with Crippen LogP contribution in [0.15, 0.2) is 24.3 Å². The third-order valence-electron chi connectivity index (χ3n) is 5.97. The van der Waals surface area contributed by atoms with Crippen molar-refractivity contribution in [1.82, 2.24) is 5.32 Å². The smallest absolute Gasteiger partial charge is 0.338 e. The molecule has 0 aromatic heterocycles. The molecule has 6 heteroatoms.